The van der Waals surface area contributed by atoms with Gasteiger partial charge in [0.1, 0.15) is 5.75 Å². The molecule has 30 heavy (non-hydrogen) atoms. The second kappa shape index (κ2) is 7.50. The molecule has 0 aliphatic carbocycles. The van der Waals surface area contributed by atoms with Crippen molar-refractivity contribution >= 4 is 16.7 Å². The molecule has 1 N–H and O–H groups in total. The quantitative estimate of drug-likeness (QED) is 0.587. The lowest BCUT2D eigenvalue weighted by Crippen LogP contribution is -2.57. The number of hydrogen-bond donors (Lipinski definition) is 1. The van der Waals surface area contributed by atoms with E-state index in [4.69, 9.17) is 4.74 Å². The lowest BCUT2D eigenvalue weighted by molar-refractivity contribution is -0.150. The molecule has 0 amide bonds. The Labute approximate surface area is 177 Å². The summed E-state index contributed by atoms with van der Waals surface area (Å²) < 4.78 is 5.70. The summed E-state index contributed by atoms with van der Waals surface area (Å²) in [6.07, 6.45) is 0. The normalized spacial score (nSPS) is 15.6. The van der Waals surface area contributed by atoms with Crippen LogP contribution in [0.3, 0.4) is 0 Å². The topological polar surface area (TPSA) is 70.3 Å². The summed E-state index contributed by atoms with van der Waals surface area (Å²) in [6.45, 7) is 7.48. The van der Waals surface area contributed by atoms with Gasteiger partial charge in [-0.1, -0.05) is 81.4 Å². The zero-order valence-electron chi connectivity index (χ0n) is 18.1. The molecule has 0 radical (unpaired) electrons. The number of carbonyl (C=O) groups is 1. The van der Waals surface area contributed by atoms with Crippen molar-refractivity contribution in [3.8, 4) is 11.8 Å². The smallest absolute Gasteiger partial charge is 0.325 e. The van der Waals surface area contributed by atoms with Crippen molar-refractivity contribution in [2.24, 2.45) is 10.8 Å². The first kappa shape index (κ1) is 21.4. The summed E-state index contributed by atoms with van der Waals surface area (Å²) >= 11 is 0. The third kappa shape index (κ3) is 2.85. The number of ether oxygens (including phenoxy) is 1. The van der Waals surface area contributed by atoms with Crippen LogP contribution in [0.15, 0.2) is 66.7 Å². The van der Waals surface area contributed by atoms with E-state index in [0.717, 1.165) is 16.3 Å². The Morgan fingerprint density at radius 3 is 2.07 bits per heavy atom. The van der Waals surface area contributed by atoms with Gasteiger partial charge in [-0.3, -0.25) is 4.79 Å². The monoisotopic (exact) mass is 401 g/mol. The van der Waals surface area contributed by atoms with E-state index in [1.165, 1.54) is 6.92 Å². The van der Waals surface area contributed by atoms with Gasteiger partial charge in [0.25, 0.3) is 0 Å². The van der Waals surface area contributed by atoms with Crippen LogP contribution in [0.2, 0.25) is 0 Å². The lowest BCUT2D eigenvalue weighted by Gasteiger charge is -2.52. The molecule has 0 aliphatic heterocycles. The van der Waals surface area contributed by atoms with Crippen LogP contribution in [-0.4, -0.2) is 18.2 Å². The Kier molecular flexibility index (Phi) is 5.34. The van der Waals surface area contributed by atoms with E-state index in [9.17, 15) is 15.2 Å². The third-order valence-corrected chi connectivity index (χ3v) is 6.23. The van der Waals surface area contributed by atoms with Crippen molar-refractivity contribution in [2.75, 3.05) is 7.11 Å². The maximum Gasteiger partial charge on any atom is 0.325 e. The van der Waals surface area contributed by atoms with Crippen molar-refractivity contribution in [3.05, 3.63) is 77.9 Å². The highest BCUT2D eigenvalue weighted by Crippen LogP contribution is 2.60. The molecular weight excluding hydrogens is 374 g/mol. The van der Waals surface area contributed by atoms with Crippen molar-refractivity contribution in [3.63, 3.8) is 0 Å². The Balaban J connectivity index is 2.67. The first-order chi connectivity index (χ1) is 14.1. The van der Waals surface area contributed by atoms with Crippen LogP contribution >= 0.6 is 0 Å². The highest BCUT2D eigenvalue weighted by Gasteiger charge is 2.63. The zero-order valence-corrected chi connectivity index (χ0v) is 18.1. The molecule has 154 valence electrons. The largest absolute Gasteiger partial charge is 0.496 e. The van der Waals surface area contributed by atoms with Crippen LogP contribution < -0.4 is 4.74 Å². The highest BCUT2D eigenvalue weighted by molar-refractivity contribution is 5.91. The maximum absolute atomic E-state index is 12.8. The van der Waals surface area contributed by atoms with E-state index in [1.807, 2.05) is 87.5 Å². The van der Waals surface area contributed by atoms with Crippen LogP contribution in [-0.2, 0) is 10.2 Å². The zero-order chi connectivity index (χ0) is 22.2. The fraction of sp³-hybridized carbons (Fsp3) is 0.308. The van der Waals surface area contributed by atoms with Crippen molar-refractivity contribution < 1.29 is 14.6 Å². The van der Waals surface area contributed by atoms with Gasteiger partial charge in [-0.15, -0.1) is 0 Å². The average Bonchev–Trinajstić information content (AvgIpc) is 2.73. The predicted molar refractivity (Wildman–Crippen MR) is 119 cm³/mol. The van der Waals surface area contributed by atoms with Gasteiger partial charge < -0.3 is 9.84 Å². The minimum absolute atomic E-state index is 0.558. The molecule has 3 rings (SSSR count). The minimum atomic E-state index is -1.77. The van der Waals surface area contributed by atoms with Crippen LogP contribution in [0.25, 0.3) is 10.8 Å². The van der Waals surface area contributed by atoms with Crippen molar-refractivity contribution in [1.82, 2.24) is 0 Å². The van der Waals surface area contributed by atoms with Crippen LogP contribution in [0.4, 0.5) is 0 Å². The number of hydrogen-bond acceptors (Lipinski definition) is 3. The van der Waals surface area contributed by atoms with E-state index in [1.54, 1.807) is 7.11 Å². The van der Waals surface area contributed by atoms with Gasteiger partial charge in [0.05, 0.1) is 18.6 Å². The van der Waals surface area contributed by atoms with Gasteiger partial charge >= 0.3 is 5.97 Å². The molecule has 4 heteroatoms. The molecule has 2 atom stereocenters. The molecule has 0 fully saturated rings. The van der Waals surface area contributed by atoms with Gasteiger partial charge in [-0.05, 0) is 34.7 Å². The number of nitriles is 1. The Hall–Kier alpha value is -3.32. The second-order valence-corrected chi connectivity index (χ2v) is 8.77. The molecule has 0 aromatic heterocycles. The van der Waals surface area contributed by atoms with Crippen LogP contribution in [0.5, 0.6) is 5.75 Å². The van der Waals surface area contributed by atoms with Gasteiger partial charge in [0.15, 0.2) is 5.41 Å². The van der Waals surface area contributed by atoms with Gasteiger partial charge in [0, 0.05) is 5.56 Å². The number of para-hydroxylation sites is 1. The molecule has 0 saturated carbocycles. The number of carboxylic acids is 1. The Bertz CT molecular complexity index is 1130. The summed E-state index contributed by atoms with van der Waals surface area (Å²) in [6, 6.07) is 23.3. The predicted octanol–water partition coefficient (Wildman–Crippen LogP) is 5.80. The standard InChI is InChI=1S/C26H27NO3/c1-24(2,3)26(25(4,17-27)23(28)29,21-14-8-9-16-22(21)30-5)20-15-10-12-18-11-6-7-13-19(18)20/h6-16H,1-5H3,(H,28,29). The summed E-state index contributed by atoms with van der Waals surface area (Å²) in [5, 5.41) is 22.7. The molecule has 0 aliphatic rings. The molecular formula is C26H27NO3. The number of aliphatic carboxylic acids is 1. The molecule has 3 aromatic carbocycles. The lowest BCUT2D eigenvalue weighted by atomic mass is 9.47. The number of rotatable bonds is 5. The molecule has 4 nitrogen and oxygen atoms in total. The first-order valence-corrected chi connectivity index (χ1v) is 9.91. The van der Waals surface area contributed by atoms with Crippen molar-refractivity contribution in [2.45, 2.75) is 33.1 Å². The van der Waals surface area contributed by atoms with Crippen LogP contribution in [0.1, 0.15) is 38.8 Å². The summed E-state index contributed by atoms with van der Waals surface area (Å²) in [7, 11) is 1.57. The number of fused-ring (bicyclic) bond motifs is 1. The van der Waals surface area contributed by atoms with Gasteiger partial charge in [-0.2, -0.15) is 5.26 Å². The third-order valence-electron chi connectivity index (χ3n) is 6.23. The van der Waals surface area contributed by atoms with E-state index in [2.05, 4.69) is 6.07 Å². The van der Waals surface area contributed by atoms with Crippen molar-refractivity contribution in [1.29, 1.82) is 5.26 Å². The Morgan fingerprint density at radius 1 is 0.900 bits per heavy atom. The fourth-order valence-corrected chi connectivity index (χ4v) is 5.04. The number of methoxy groups -OCH3 is 1. The van der Waals surface area contributed by atoms with E-state index in [-0.39, 0.29) is 0 Å². The fourth-order valence-electron chi connectivity index (χ4n) is 5.04. The van der Waals surface area contributed by atoms with E-state index < -0.39 is 22.2 Å². The molecule has 0 bridgehead atoms. The summed E-state index contributed by atoms with van der Waals surface area (Å²) in [4.78, 5) is 12.8. The van der Waals surface area contributed by atoms with E-state index >= 15 is 0 Å². The summed E-state index contributed by atoms with van der Waals surface area (Å²) in [5.74, 6) is -0.609. The second-order valence-electron chi connectivity index (χ2n) is 8.77. The summed E-state index contributed by atoms with van der Waals surface area (Å²) in [5.41, 5.74) is -2.17. The average molecular weight is 402 g/mol. The van der Waals surface area contributed by atoms with Gasteiger partial charge in [0.2, 0.25) is 0 Å². The maximum atomic E-state index is 12.8. The van der Waals surface area contributed by atoms with Crippen LogP contribution in [0, 0.1) is 22.2 Å². The molecule has 0 spiro atoms. The number of benzene rings is 3. The molecule has 2 unspecified atom stereocenters. The SMILES string of the molecule is COc1ccccc1C(c1cccc2ccccc12)(C(C)(C)C)C(C)(C#N)C(=O)O. The first-order valence-electron chi connectivity index (χ1n) is 9.91. The van der Waals surface area contributed by atoms with E-state index in [0.29, 0.717) is 11.3 Å². The highest BCUT2D eigenvalue weighted by atomic mass is 16.5. The minimum Gasteiger partial charge on any atom is -0.496 e. The number of nitrogens with zero attached hydrogens (tertiary/aromatic N) is 1. The molecule has 0 heterocycles. The van der Waals surface area contributed by atoms with Gasteiger partial charge in [-0.25, -0.2) is 0 Å². The Morgan fingerprint density at radius 2 is 1.47 bits per heavy atom. The molecule has 3 aromatic rings. The number of carboxylic acid groups (broad SMARTS) is 1. The molecule has 0 saturated heterocycles.